The molecular formula is C25H23ClF5NO3. The zero-order valence-corrected chi connectivity index (χ0v) is 19.3. The number of carboxylic acids is 1. The highest BCUT2D eigenvalue weighted by atomic mass is 35.5. The molecule has 2 aromatic carbocycles. The molecule has 10 heteroatoms. The molecule has 3 atom stereocenters. The van der Waals surface area contributed by atoms with Gasteiger partial charge in [-0.2, -0.15) is 13.2 Å². The SMILES string of the molecule is O=C(O)c1cc(C2CC2)c(CN2[C@@H]3CC[C@H]2CC(Oc2cc(C(F)(F)F)cc(Cl)c2F)C3)cc1F. The molecular weight excluding hydrogens is 493 g/mol. The second kappa shape index (κ2) is 8.92. The van der Waals surface area contributed by atoms with Crippen molar-refractivity contribution in [3.05, 3.63) is 63.2 Å². The molecule has 2 aliphatic heterocycles. The number of fused-ring (bicyclic) bond motifs is 2. The molecule has 2 bridgehead atoms. The van der Waals surface area contributed by atoms with Crippen molar-refractivity contribution in [2.24, 2.45) is 0 Å². The molecule has 5 rings (SSSR count). The van der Waals surface area contributed by atoms with E-state index in [2.05, 4.69) is 4.90 Å². The molecule has 1 N–H and O–H groups in total. The zero-order valence-electron chi connectivity index (χ0n) is 18.5. The summed E-state index contributed by atoms with van der Waals surface area (Å²) in [5.74, 6) is -3.35. The van der Waals surface area contributed by atoms with Gasteiger partial charge in [-0.25, -0.2) is 13.6 Å². The van der Waals surface area contributed by atoms with Crippen molar-refractivity contribution in [2.45, 2.75) is 75.4 Å². The molecule has 188 valence electrons. The van der Waals surface area contributed by atoms with Gasteiger partial charge in [0, 0.05) is 18.6 Å². The smallest absolute Gasteiger partial charge is 0.416 e. The Bertz CT molecular complexity index is 1150. The van der Waals surface area contributed by atoms with Crippen molar-refractivity contribution >= 4 is 17.6 Å². The minimum Gasteiger partial charge on any atom is -0.487 e. The standard InChI is InChI=1S/C25H23ClF5NO3/c26-20-6-14(25(29,30)31)7-22(23(20)28)35-17-8-15-3-4-16(9-17)32(15)11-13-5-21(27)19(24(33)34)10-18(13)12-1-2-12/h5-7,10,12,15-17H,1-4,8-9,11H2,(H,33,34)/t15-,16+,17?. The largest absolute Gasteiger partial charge is 0.487 e. The first-order valence-corrected chi connectivity index (χ1v) is 11.9. The summed E-state index contributed by atoms with van der Waals surface area (Å²) in [6, 6.07) is 4.03. The summed E-state index contributed by atoms with van der Waals surface area (Å²) in [5, 5.41) is 8.64. The van der Waals surface area contributed by atoms with Gasteiger partial charge < -0.3 is 9.84 Å². The van der Waals surface area contributed by atoms with Crippen LogP contribution in [0.2, 0.25) is 5.02 Å². The van der Waals surface area contributed by atoms with Gasteiger partial charge in [0.05, 0.1) is 16.1 Å². The van der Waals surface area contributed by atoms with Crippen molar-refractivity contribution in [1.29, 1.82) is 0 Å². The van der Waals surface area contributed by atoms with Gasteiger partial charge in [0.15, 0.2) is 11.6 Å². The van der Waals surface area contributed by atoms with Gasteiger partial charge in [0.25, 0.3) is 0 Å². The lowest BCUT2D eigenvalue weighted by Gasteiger charge is -2.39. The van der Waals surface area contributed by atoms with Crippen molar-refractivity contribution in [1.82, 2.24) is 4.90 Å². The first kappa shape index (κ1) is 24.3. The topological polar surface area (TPSA) is 49.8 Å². The van der Waals surface area contributed by atoms with Crippen LogP contribution in [0.5, 0.6) is 5.75 Å². The minimum atomic E-state index is -4.68. The number of ether oxygens (including phenoxy) is 1. The van der Waals surface area contributed by atoms with E-state index < -0.39 is 46.2 Å². The Kier molecular flexibility index (Phi) is 6.20. The van der Waals surface area contributed by atoms with E-state index in [4.69, 9.17) is 16.3 Å². The molecule has 1 aliphatic carbocycles. The number of carboxylic acid groups (broad SMARTS) is 1. The van der Waals surface area contributed by atoms with Crippen LogP contribution in [0.25, 0.3) is 0 Å². The fraction of sp³-hybridized carbons (Fsp3) is 0.480. The van der Waals surface area contributed by atoms with Crippen LogP contribution in [0.15, 0.2) is 24.3 Å². The maximum Gasteiger partial charge on any atom is 0.416 e. The van der Waals surface area contributed by atoms with Crippen LogP contribution in [-0.4, -0.2) is 34.2 Å². The average Bonchev–Trinajstić information content (AvgIpc) is 3.57. The number of nitrogens with zero attached hydrogens (tertiary/aromatic N) is 1. The van der Waals surface area contributed by atoms with Crippen LogP contribution < -0.4 is 4.74 Å². The summed E-state index contributed by atoms with van der Waals surface area (Å²) in [5.41, 5.74) is 0.232. The second-order valence-electron chi connectivity index (χ2n) is 9.65. The van der Waals surface area contributed by atoms with Gasteiger partial charge in [0.2, 0.25) is 0 Å². The molecule has 3 fully saturated rings. The molecule has 0 spiro atoms. The van der Waals surface area contributed by atoms with E-state index in [1.165, 1.54) is 12.1 Å². The maximum atomic E-state index is 14.5. The van der Waals surface area contributed by atoms with Crippen LogP contribution in [0.1, 0.15) is 71.5 Å². The quantitative estimate of drug-likeness (QED) is 0.430. The highest BCUT2D eigenvalue weighted by molar-refractivity contribution is 6.31. The average molecular weight is 516 g/mol. The molecule has 35 heavy (non-hydrogen) atoms. The van der Waals surface area contributed by atoms with Crippen LogP contribution >= 0.6 is 11.6 Å². The van der Waals surface area contributed by atoms with Gasteiger partial charge in [-0.3, -0.25) is 4.90 Å². The fourth-order valence-corrected chi connectivity index (χ4v) is 5.69. The van der Waals surface area contributed by atoms with E-state index in [1.807, 2.05) is 0 Å². The van der Waals surface area contributed by atoms with Gasteiger partial charge in [-0.15, -0.1) is 0 Å². The first-order chi connectivity index (χ1) is 16.5. The summed E-state index contributed by atoms with van der Waals surface area (Å²) in [6.07, 6.45) is -0.641. The van der Waals surface area contributed by atoms with E-state index in [-0.39, 0.29) is 23.6 Å². The molecule has 0 amide bonds. The van der Waals surface area contributed by atoms with E-state index in [0.717, 1.165) is 36.8 Å². The van der Waals surface area contributed by atoms with E-state index >= 15 is 0 Å². The zero-order chi connectivity index (χ0) is 25.1. The van der Waals surface area contributed by atoms with E-state index in [0.29, 0.717) is 31.5 Å². The molecule has 0 aromatic heterocycles. The molecule has 2 saturated heterocycles. The molecule has 1 unspecified atom stereocenters. The Morgan fingerprint density at radius 1 is 1.06 bits per heavy atom. The molecule has 4 nitrogen and oxygen atoms in total. The van der Waals surface area contributed by atoms with Gasteiger partial charge in [-0.1, -0.05) is 11.6 Å². The van der Waals surface area contributed by atoms with Crippen molar-refractivity contribution in [3.63, 3.8) is 0 Å². The molecule has 1 saturated carbocycles. The van der Waals surface area contributed by atoms with Crippen molar-refractivity contribution in [2.75, 3.05) is 0 Å². The Balaban J connectivity index is 1.33. The highest BCUT2D eigenvalue weighted by Gasteiger charge is 2.43. The Hall–Kier alpha value is -2.39. The van der Waals surface area contributed by atoms with Gasteiger partial charge in [-0.05, 0) is 79.8 Å². The number of hydrogen-bond donors (Lipinski definition) is 1. The lowest BCUT2D eigenvalue weighted by Crippen LogP contribution is -2.46. The van der Waals surface area contributed by atoms with E-state index in [9.17, 15) is 31.9 Å². The number of rotatable bonds is 6. The fourth-order valence-electron chi connectivity index (χ4n) is 5.47. The number of piperidine rings is 1. The number of hydrogen-bond acceptors (Lipinski definition) is 3. The number of halogens is 6. The predicted molar refractivity (Wildman–Crippen MR) is 118 cm³/mol. The van der Waals surface area contributed by atoms with Crippen LogP contribution in [0.3, 0.4) is 0 Å². The summed E-state index contributed by atoms with van der Waals surface area (Å²) >= 11 is 5.68. The Labute approximate surface area is 203 Å². The van der Waals surface area contributed by atoms with Gasteiger partial charge in [0.1, 0.15) is 11.9 Å². The molecule has 2 aromatic rings. The van der Waals surface area contributed by atoms with Crippen LogP contribution in [-0.2, 0) is 12.7 Å². The third-order valence-electron chi connectivity index (χ3n) is 7.29. The third kappa shape index (κ3) is 4.85. The maximum absolute atomic E-state index is 14.5. The second-order valence-corrected chi connectivity index (χ2v) is 10.1. The van der Waals surface area contributed by atoms with Crippen LogP contribution in [0.4, 0.5) is 22.0 Å². The number of aromatic carboxylic acids is 1. The summed E-state index contributed by atoms with van der Waals surface area (Å²) in [7, 11) is 0. The van der Waals surface area contributed by atoms with Gasteiger partial charge >= 0.3 is 12.1 Å². The molecule has 2 heterocycles. The highest BCUT2D eigenvalue weighted by Crippen LogP contribution is 2.45. The molecule has 0 radical (unpaired) electrons. The normalized spacial score (nSPS) is 24.6. The summed E-state index contributed by atoms with van der Waals surface area (Å²) in [4.78, 5) is 13.6. The monoisotopic (exact) mass is 515 g/mol. The molecule has 3 aliphatic rings. The number of carbonyl (C=O) groups is 1. The lowest BCUT2D eigenvalue weighted by atomic mass is 9.95. The van der Waals surface area contributed by atoms with Crippen molar-refractivity contribution < 1.29 is 36.6 Å². The number of alkyl halides is 3. The van der Waals surface area contributed by atoms with Crippen molar-refractivity contribution in [3.8, 4) is 5.75 Å². The predicted octanol–water partition coefficient (Wildman–Crippen LogP) is 6.79. The third-order valence-corrected chi connectivity index (χ3v) is 7.56. The van der Waals surface area contributed by atoms with E-state index in [1.54, 1.807) is 0 Å². The first-order valence-electron chi connectivity index (χ1n) is 11.6. The van der Waals surface area contributed by atoms with Crippen LogP contribution in [0, 0.1) is 11.6 Å². The summed E-state index contributed by atoms with van der Waals surface area (Å²) < 4.78 is 74.0. The lowest BCUT2D eigenvalue weighted by molar-refractivity contribution is -0.137. The Morgan fingerprint density at radius 2 is 1.71 bits per heavy atom. The summed E-state index contributed by atoms with van der Waals surface area (Å²) in [6.45, 7) is 0.453. The minimum absolute atomic E-state index is 0.0392. The Morgan fingerprint density at radius 3 is 2.29 bits per heavy atom. The number of benzene rings is 2.